The number of benzene rings is 2. The smallest absolute Gasteiger partial charge is 0.260 e. The monoisotopic (exact) mass is 412 g/mol. The Hall–Kier alpha value is -3.22. The van der Waals surface area contributed by atoms with Gasteiger partial charge in [-0.15, -0.1) is 0 Å². The molecule has 0 unspecified atom stereocenters. The normalized spacial score (nSPS) is 13.7. The molecular formula is C23H28N2O5. The highest BCUT2D eigenvalue weighted by molar-refractivity contribution is 5.80. The molecule has 0 atom stereocenters. The van der Waals surface area contributed by atoms with Gasteiger partial charge in [-0.3, -0.25) is 9.59 Å². The van der Waals surface area contributed by atoms with Gasteiger partial charge >= 0.3 is 0 Å². The van der Waals surface area contributed by atoms with Gasteiger partial charge in [0.25, 0.3) is 5.91 Å². The van der Waals surface area contributed by atoms with Crippen LogP contribution in [0.25, 0.3) is 0 Å². The van der Waals surface area contributed by atoms with Crippen molar-refractivity contribution in [2.75, 3.05) is 47.0 Å². The summed E-state index contributed by atoms with van der Waals surface area (Å²) < 4.78 is 16.1. The number of carbonyl (C=O) groups is 2. The first-order valence-electron chi connectivity index (χ1n) is 9.96. The minimum Gasteiger partial charge on any atom is -0.493 e. The number of ether oxygens (including phenoxy) is 3. The van der Waals surface area contributed by atoms with Gasteiger partial charge in [-0.25, -0.2) is 0 Å². The summed E-state index contributed by atoms with van der Waals surface area (Å²) in [6.07, 6.45) is 0.283. The zero-order valence-electron chi connectivity index (χ0n) is 17.7. The molecule has 1 fully saturated rings. The van der Waals surface area contributed by atoms with Crippen molar-refractivity contribution in [3.05, 3.63) is 53.6 Å². The topological polar surface area (TPSA) is 68.3 Å². The van der Waals surface area contributed by atoms with E-state index >= 15 is 0 Å². The van der Waals surface area contributed by atoms with Crippen LogP contribution >= 0.6 is 0 Å². The summed E-state index contributed by atoms with van der Waals surface area (Å²) in [7, 11) is 3.15. The van der Waals surface area contributed by atoms with Gasteiger partial charge in [0.1, 0.15) is 5.75 Å². The number of carbonyl (C=O) groups excluding carboxylic acids is 2. The van der Waals surface area contributed by atoms with Crippen LogP contribution in [0.2, 0.25) is 0 Å². The van der Waals surface area contributed by atoms with Gasteiger partial charge in [-0.1, -0.05) is 23.8 Å². The van der Waals surface area contributed by atoms with Crippen LogP contribution in [-0.2, 0) is 16.0 Å². The number of piperazine rings is 1. The van der Waals surface area contributed by atoms with Gasteiger partial charge in [0.15, 0.2) is 18.1 Å². The van der Waals surface area contributed by atoms with E-state index in [9.17, 15) is 9.59 Å². The van der Waals surface area contributed by atoms with E-state index in [2.05, 4.69) is 0 Å². The second-order valence-electron chi connectivity index (χ2n) is 7.23. The van der Waals surface area contributed by atoms with Crippen LogP contribution in [0, 0.1) is 6.92 Å². The first-order chi connectivity index (χ1) is 14.5. The molecule has 30 heavy (non-hydrogen) atoms. The highest BCUT2D eigenvalue weighted by Gasteiger charge is 2.24. The second-order valence-corrected chi connectivity index (χ2v) is 7.23. The Morgan fingerprint density at radius 1 is 0.833 bits per heavy atom. The fraction of sp³-hybridized carbons (Fsp3) is 0.391. The van der Waals surface area contributed by atoms with Crippen molar-refractivity contribution in [1.29, 1.82) is 0 Å². The first kappa shape index (κ1) is 21.5. The largest absolute Gasteiger partial charge is 0.493 e. The van der Waals surface area contributed by atoms with Crippen molar-refractivity contribution in [2.24, 2.45) is 0 Å². The Labute approximate surface area is 177 Å². The molecule has 3 rings (SSSR count). The predicted molar refractivity (Wildman–Crippen MR) is 113 cm³/mol. The number of rotatable bonds is 7. The van der Waals surface area contributed by atoms with Crippen molar-refractivity contribution >= 4 is 11.8 Å². The first-order valence-corrected chi connectivity index (χ1v) is 9.96. The van der Waals surface area contributed by atoms with Crippen LogP contribution in [-0.4, -0.2) is 68.6 Å². The number of nitrogens with zero attached hydrogens (tertiary/aromatic N) is 2. The van der Waals surface area contributed by atoms with E-state index in [1.54, 1.807) is 30.1 Å². The zero-order valence-corrected chi connectivity index (χ0v) is 17.7. The van der Waals surface area contributed by atoms with Crippen LogP contribution in [0.1, 0.15) is 11.1 Å². The number of hydrogen-bond donors (Lipinski definition) is 0. The van der Waals surface area contributed by atoms with Gasteiger partial charge in [0, 0.05) is 26.2 Å². The molecule has 0 spiro atoms. The maximum atomic E-state index is 12.7. The standard InChI is InChI=1S/C23H28N2O5/c1-17-4-7-19(8-5-17)30-16-23(27)25-12-10-24(11-13-25)22(26)15-18-6-9-20(28-2)21(14-18)29-3/h4-9,14H,10-13,15-16H2,1-3H3. The summed E-state index contributed by atoms with van der Waals surface area (Å²) in [4.78, 5) is 28.6. The summed E-state index contributed by atoms with van der Waals surface area (Å²) in [6.45, 7) is 4.05. The quantitative estimate of drug-likeness (QED) is 0.698. The van der Waals surface area contributed by atoms with Crippen molar-refractivity contribution in [3.8, 4) is 17.2 Å². The summed E-state index contributed by atoms with van der Waals surface area (Å²) in [5.41, 5.74) is 2.00. The Kier molecular flexibility index (Phi) is 7.17. The maximum Gasteiger partial charge on any atom is 0.260 e. The van der Waals surface area contributed by atoms with E-state index in [4.69, 9.17) is 14.2 Å². The molecule has 2 amide bonds. The van der Waals surface area contributed by atoms with Crippen LogP contribution in [0.3, 0.4) is 0 Å². The molecule has 1 saturated heterocycles. The number of methoxy groups -OCH3 is 2. The molecule has 7 nitrogen and oxygen atoms in total. The highest BCUT2D eigenvalue weighted by Crippen LogP contribution is 2.27. The molecule has 0 aromatic heterocycles. The number of aryl methyl sites for hydroxylation is 1. The SMILES string of the molecule is COc1ccc(CC(=O)N2CCN(C(=O)COc3ccc(C)cc3)CC2)cc1OC. The Morgan fingerprint density at radius 3 is 2.03 bits per heavy atom. The summed E-state index contributed by atoms with van der Waals surface area (Å²) >= 11 is 0. The van der Waals surface area contributed by atoms with Gasteiger partial charge in [0.05, 0.1) is 20.6 Å². The summed E-state index contributed by atoms with van der Waals surface area (Å²) in [5.74, 6) is 1.88. The molecular weight excluding hydrogens is 384 g/mol. The lowest BCUT2D eigenvalue weighted by molar-refractivity contribution is -0.140. The lowest BCUT2D eigenvalue weighted by Gasteiger charge is -2.34. The molecule has 7 heteroatoms. The van der Waals surface area contributed by atoms with Crippen molar-refractivity contribution in [2.45, 2.75) is 13.3 Å². The van der Waals surface area contributed by atoms with E-state index in [-0.39, 0.29) is 24.8 Å². The molecule has 1 heterocycles. The van der Waals surface area contributed by atoms with Crippen molar-refractivity contribution in [1.82, 2.24) is 9.80 Å². The summed E-state index contributed by atoms with van der Waals surface area (Å²) in [5, 5.41) is 0. The van der Waals surface area contributed by atoms with E-state index in [1.165, 1.54) is 0 Å². The van der Waals surface area contributed by atoms with E-state index in [0.717, 1.165) is 11.1 Å². The Bertz CT molecular complexity index is 874. The lowest BCUT2D eigenvalue weighted by atomic mass is 10.1. The molecule has 0 aliphatic carbocycles. The molecule has 1 aliphatic rings. The number of amides is 2. The Balaban J connectivity index is 1.46. The van der Waals surface area contributed by atoms with Crippen LogP contribution in [0.15, 0.2) is 42.5 Å². The third kappa shape index (κ3) is 5.43. The highest BCUT2D eigenvalue weighted by atomic mass is 16.5. The average Bonchev–Trinajstić information content (AvgIpc) is 2.78. The van der Waals surface area contributed by atoms with Crippen LogP contribution in [0.4, 0.5) is 0 Å². The van der Waals surface area contributed by atoms with Crippen LogP contribution in [0.5, 0.6) is 17.2 Å². The summed E-state index contributed by atoms with van der Waals surface area (Å²) in [6, 6.07) is 13.1. The number of hydrogen-bond acceptors (Lipinski definition) is 5. The Morgan fingerprint density at radius 2 is 1.43 bits per heavy atom. The molecule has 0 N–H and O–H groups in total. The van der Waals surface area contributed by atoms with Gasteiger partial charge in [0.2, 0.25) is 5.91 Å². The molecule has 0 radical (unpaired) electrons. The minimum atomic E-state index is -0.0671. The zero-order chi connectivity index (χ0) is 21.5. The molecule has 2 aromatic rings. The molecule has 1 aliphatic heterocycles. The third-order valence-corrected chi connectivity index (χ3v) is 5.17. The van der Waals surface area contributed by atoms with E-state index < -0.39 is 0 Å². The van der Waals surface area contributed by atoms with Gasteiger partial charge in [-0.05, 0) is 36.8 Å². The molecule has 0 bridgehead atoms. The molecule has 0 saturated carbocycles. The average molecular weight is 412 g/mol. The molecule has 2 aromatic carbocycles. The van der Waals surface area contributed by atoms with E-state index in [0.29, 0.717) is 43.4 Å². The predicted octanol–water partition coefficient (Wildman–Crippen LogP) is 2.30. The van der Waals surface area contributed by atoms with E-state index in [1.807, 2.05) is 43.3 Å². The molecule has 160 valence electrons. The fourth-order valence-corrected chi connectivity index (χ4v) is 3.35. The lowest BCUT2D eigenvalue weighted by Crippen LogP contribution is -2.52. The van der Waals surface area contributed by atoms with Gasteiger partial charge < -0.3 is 24.0 Å². The van der Waals surface area contributed by atoms with Crippen molar-refractivity contribution < 1.29 is 23.8 Å². The third-order valence-electron chi connectivity index (χ3n) is 5.17. The second kappa shape index (κ2) is 10.0. The van der Waals surface area contributed by atoms with Crippen LogP contribution < -0.4 is 14.2 Å². The van der Waals surface area contributed by atoms with Gasteiger partial charge in [-0.2, -0.15) is 0 Å². The van der Waals surface area contributed by atoms with Crippen molar-refractivity contribution in [3.63, 3.8) is 0 Å². The minimum absolute atomic E-state index is 0.00263. The fourth-order valence-electron chi connectivity index (χ4n) is 3.35. The maximum absolute atomic E-state index is 12.7.